The molecule has 0 spiro atoms. The summed E-state index contributed by atoms with van der Waals surface area (Å²) in [7, 11) is 3.89. The summed E-state index contributed by atoms with van der Waals surface area (Å²) in [5.74, 6) is 0.688. The van der Waals surface area contributed by atoms with Gasteiger partial charge in [0.2, 0.25) is 0 Å². The topological polar surface area (TPSA) is 29.5 Å². The zero-order valence-corrected chi connectivity index (χ0v) is 14.5. The zero-order chi connectivity index (χ0) is 15.6. The average Bonchev–Trinajstić information content (AvgIpc) is 2.36. The Kier molecular flexibility index (Phi) is 5.65. The molecule has 1 saturated carbocycles. The van der Waals surface area contributed by atoms with Gasteiger partial charge in [0, 0.05) is 0 Å². The molecule has 1 fully saturated rings. The molecule has 1 rings (SSSR count). The normalized spacial score (nSPS) is 27.2. The van der Waals surface area contributed by atoms with E-state index in [-0.39, 0.29) is 12.1 Å². The van der Waals surface area contributed by atoms with E-state index in [2.05, 4.69) is 20.8 Å². The predicted octanol–water partition coefficient (Wildman–Crippen LogP) is 3.86. The van der Waals surface area contributed by atoms with E-state index >= 15 is 0 Å². The molecular weight excluding hydrogens is 250 g/mol. The largest absolute Gasteiger partial charge is 0.461 e. The third-order valence-electron chi connectivity index (χ3n) is 5.29. The van der Waals surface area contributed by atoms with E-state index in [1.54, 1.807) is 0 Å². The van der Waals surface area contributed by atoms with Crippen molar-refractivity contribution in [1.82, 2.24) is 4.90 Å². The molecule has 1 atom stereocenters. The molecule has 0 aliphatic heterocycles. The van der Waals surface area contributed by atoms with Crippen molar-refractivity contribution in [2.24, 2.45) is 11.3 Å². The Hall–Kier alpha value is -0.570. The summed E-state index contributed by atoms with van der Waals surface area (Å²) in [6.45, 7) is 10.9. The number of likely N-dealkylation sites (N-methyl/N-ethyl adjacent to an activating group) is 1. The lowest BCUT2D eigenvalue weighted by atomic mass is 9.72. The van der Waals surface area contributed by atoms with Gasteiger partial charge in [0.1, 0.15) is 11.6 Å². The molecule has 3 nitrogen and oxygen atoms in total. The molecule has 1 aliphatic rings. The van der Waals surface area contributed by atoms with Gasteiger partial charge in [-0.25, -0.2) is 0 Å². The zero-order valence-electron chi connectivity index (χ0n) is 14.5. The Labute approximate surface area is 125 Å². The van der Waals surface area contributed by atoms with Crippen LogP contribution in [0.25, 0.3) is 0 Å². The van der Waals surface area contributed by atoms with Gasteiger partial charge in [-0.05, 0) is 64.5 Å². The first-order chi connectivity index (χ1) is 9.11. The SMILES string of the molecule is CCC(C)(C(=O)OC1CCC(C(C)(C)C)CC1)N(C)C. The quantitative estimate of drug-likeness (QED) is 0.734. The van der Waals surface area contributed by atoms with Crippen LogP contribution in [-0.2, 0) is 9.53 Å². The number of hydrogen-bond acceptors (Lipinski definition) is 3. The first-order valence-electron chi connectivity index (χ1n) is 7.99. The van der Waals surface area contributed by atoms with Gasteiger partial charge in [-0.3, -0.25) is 9.69 Å². The molecule has 20 heavy (non-hydrogen) atoms. The van der Waals surface area contributed by atoms with Crippen molar-refractivity contribution in [2.45, 2.75) is 78.4 Å². The fourth-order valence-corrected chi connectivity index (χ4v) is 2.97. The van der Waals surface area contributed by atoms with Crippen LogP contribution < -0.4 is 0 Å². The molecule has 0 N–H and O–H groups in total. The molecule has 0 heterocycles. The van der Waals surface area contributed by atoms with Crippen LogP contribution in [0.4, 0.5) is 0 Å². The maximum Gasteiger partial charge on any atom is 0.326 e. The van der Waals surface area contributed by atoms with E-state index in [1.165, 1.54) is 12.8 Å². The molecule has 3 heteroatoms. The maximum atomic E-state index is 12.4. The molecule has 0 radical (unpaired) electrons. The third kappa shape index (κ3) is 3.97. The predicted molar refractivity (Wildman–Crippen MR) is 83.7 cm³/mol. The smallest absolute Gasteiger partial charge is 0.326 e. The molecule has 0 aromatic rings. The van der Waals surface area contributed by atoms with Crippen molar-refractivity contribution < 1.29 is 9.53 Å². The maximum absolute atomic E-state index is 12.4. The van der Waals surface area contributed by atoms with Crippen LogP contribution in [0.2, 0.25) is 0 Å². The van der Waals surface area contributed by atoms with E-state index < -0.39 is 5.54 Å². The standard InChI is InChI=1S/C17H33NO2/c1-8-17(5,18(6)7)15(19)20-14-11-9-13(10-12-14)16(2,3)4/h13-14H,8-12H2,1-7H3. The van der Waals surface area contributed by atoms with Gasteiger partial charge in [-0.1, -0.05) is 27.7 Å². The number of hydrogen-bond donors (Lipinski definition) is 0. The monoisotopic (exact) mass is 283 g/mol. The van der Waals surface area contributed by atoms with Crippen LogP contribution in [0.1, 0.15) is 66.7 Å². The number of nitrogens with zero attached hydrogens (tertiary/aromatic N) is 1. The van der Waals surface area contributed by atoms with Crippen molar-refractivity contribution in [2.75, 3.05) is 14.1 Å². The van der Waals surface area contributed by atoms with Gasteiger partial charge in [-0.15, -0.1) is 0 Å². The first-order valence-corrected chi connectivity index (χ1v) is 7.99. The van der Waals surface area contributed by atoms with Crippen molar-refractivity contribution in [3.05, 3.63) is 0 Å². The molecular formula is C17H33NO2. The van der Waals surface area contributed by atoms with Crippen LogP contribution in [0, 0.1) is 11.3 Å². The number of ether oxygens (including phenoxy) is 1. The molecule has 0 bridgehead atoms. The van der Waals surface area contributed by atoms with Crippen molar-refractivity contribution in [1.29, 1.82) is 0 Å². The Morgan fingerprint density at radius 3 is 1.95 bits per heavy atom. The van der Waals surface area contributed by atoms with E-state index in [0.717, 1.165) is 25.2 Å². The fourth-order valence-electron chi connectivity index (χ4n) is 2.97. The highest BCUT2D eigenvalue weighted by Gasteiger charge is 2.38. The summed E-state index contributed by atoms with van der Waals surface area (Å²) in [6, 6.07) is 0. The molecule has 0 aromatic carbocycles. The van der Waals surface area contributed by atoms with E-state index in [1.807, 2.05) is 32.8 Å². The highest BCUT2D eigenvalue weighted by atomic mass is 16.5. The van der Waals surface area contributed by atoms with E-state index in [0.29, 0.717) is 5.41 Å². The molecule has 1 unspecified atom stereocenters. The van der Waals surface area contributed by atoms with E-state index in [4.69, 9.17) is 4.74 Å². The molecule has 118 valence electrons. The Morgan fingerprint density at radius 1 is 1.10 bits per heavy atom. The highest BCUT2D eigenvalue weighted by Crippen LogP contribution is 2.38. The molecule has 0 saturated heterocycles. The van der Waals surface area contributed by atoms with Gasteiger partial charge in [0.15, 0.2) is 0 Å². The number of carbonyl (C=O) groups is 1. The summed E-state index contributed by atoms with van der Waals surface area (Å²) >= 11 is 0. The van der Waals surface area contributed by atoms with Crippen molar-refractivity contribution >= 4 is 5.97 Å². The van der Waals surface area contributed by atoms with Gasteiger partial charge < -0.3 is 4.74 Å². The number of carbonyl (C=O) groups excluding carboxylic acids is 1. The lowest BCUT2D eigenvalue weighted by Crippen LogP contribution is -2.50. The summed E-state index contributed by atoms with van der Waals surface area (Å²) in [5, 5.41) is 0. The Morgan fingerprint density at radius 2 is 1.60 bits per heavy atom. The van der Waals surface area contributed by atoms with Gasteiger partial charge in [0.25, 0.3) is 0 Å². The summed E-state index contributed by atoms with van der Waals surface area (Å²) < 4.78 is 5.79. The summed E-state index contributed by atoms with van der Waals surface area (Å²) in [4.78, 5) is 14.4. The van der Waals surface area contributed by atoms with Crippen molar-refractivity contribution in [3.8, 4) is 0 Å². The average molecular weight is 283 g/mol. The van der Waals surface area contributed by atoms with Crippen LogP contribution in [0.15, 0.2) is 0 Å². The summed E-state index contributed by atoms with van der Waals surface area (Å²) in [5.41, 5.74) is -0.128. The van der Waals surface area contributed by atoms with E-state index in [9.17, 15) is 4.79 Å². The van der Waals surface area contributed by atoms with Crippen LogP contribution in [-0.4, -0.2) is 36.6 Å². The second-order valence-corrected chi connectivity index (χ2v) is 7.77. The van der Waals surface area contributed by atoms with Crippen molar-refractivity contribution in [3.63, 3.8) is 0 Å². The third-order valence-corrected chi connectivity index (χ3v) is 5.29. The minimum Gasteiger partial charge on any atom is -0.461 e. The van der Waals surface area contributed by atoms with Gasteiger partial charge in [-0.2, -0.15) is 0 Å². The summed E-state index contributed by atoms with van der Waals surface area (Å²) in [6.07, 6.45) is 5.27. The second-order valence-electron chi connectivity index (χ2n) is 7.77. The minimum atomic E-state index is -0.499. The lowest BCUT2D eigenvalue weighted by molar-refractivity contribution is -0.164. The Bertz CT molecular complexity index is 324. The van der Waals surface area contributed by atoms with Crippen LogP contribution in [0.3, 0.4) is 0 Å². The fraction of sp³-hybridized carbons (Fsp3) is 0.941. The lowest BCUT2D eigenvalue weighted by Gasteiger charge is -2.39. The van der Waals surface area contributed by atoms with Crippen LogP contribution >= 0.6 is 0 Å². The number of rotatable bonds is 4. The highest BCUT2D eigenvalue weighted by molar-refractivity contribution is 5.80. The molecule has 0 aromatic heterocycles. The first kappa shape index (κ1) is 17.5. The molecule has 0 amide bonds. The molecule has 1 aliphatic carbocycles. The Balaban J connectivity index is 2.54. The second kappa shape index (κ2) is 6.46. The van der Waals surface area contributed by atoms with Crippen LogP contribution in [0.5, 0.6) is 0 Å². The number of esters is 1. The van der Waals surface area contributed by atoms with Gasteiger partial charge >= 0.3 is 5.97 Å². The van der Waals surface area contributed by atoms with Gasteiger partial charge in [0.05, 0.1) is 0 Å². The minimum absolute atomic E-state index is 0.0655.